The summed E-state index contributed by atoms with van der Waals surface area (Å²) in [7, 11) is 0. The van der Waals surface area contributed by atoms with E-state index in [4.69, 9.17) is 18.0 Å². The number of carbonyl (C=O) groups excluding carboxylic acids is 1. The molecule has 2 rings (SSSR count). The van der Waals surface area contributed by atoms with E-state index in [2.05, 4.69) is 37.2 Å². The normalized spacial score (nSPS) is 17.7. The molecule has 0 aromatic carbocycles. The van der Waals surface area contributed by atoms with Gasteiger partial charge in [-0.1, -0.05) is 25.1 Å². The summed E-state index contributed by atoms with van der Waals surface area (Å²) in [6, 6.07) is 1.80. The van der Waals surface area contributed by atoms with E-state index in [1.807, 2.05) is 0 Å². The Balaban J connectivity index is 2.17. The molecule has 0 aliphatic heterocycles. The molecule has 7 heteroatoms. The fraction of sp³-hybridized carbons (Fsp3) is 0.455. The highest BCUT2D eigenvalue weighted by molar-refractivity contribution is 9.13. The third-order valence-electron chi connectivity index (χ3n) is 3.15. The molecular formula is C11H12Br2N2OS2. The maximum Gasteiger partial charge on any atom is 0.262 e. The van der Waals surface area contributed by atoms with Crippen LogP contribution in [0.3, 0.4) is 0 Å². The van der Waals surface area contributed by atoms with Gasteiger partial charge in [0.15, 0.2) is 0 Å². The third-order valence-corrected chi connectivity index (χ3v) is 6.80. The zero-order valence-electron chi connectivity index (χ0n) is 9.46. The maximum atomic E-state index is 12.2. The first-order valence-electron chi connectivity index (χ1n) is 5.52. The van der Waals surface area contributed by atoms with Gasteiger partial charge in [-0.3, -0.25) is 4.79 Å². The monoisotopic (exact) mass is 410 g/mol. The van der Waals surface area contributed by atoms with E-state index >= 15 is 0 Å². The van der Waals surface area contributed by atoms with Gasteiger partial charge in [0, 0.05) is 4.47 Å². The molecule has 1 aromatic heterocycles. The molecule has 1 heterocycles. The van der Waals surface area contributed by atoms with Crippen LogP contribution in [0.1, 0.15) is 35.4 Å². The Bertz CT molecular complexity index is 476. The Labute approximate surface area is 132 Å². The number of nitrogens with one attached hydrogen (secondary N) is 1. The summed E-state index contributed by atoms with van der Waals surface area (Å²) in [5.74, 6) is -0.110. The molecule has 3 nitrogen and oxygen atoms in total. The second kappa shape index (κ2) is 5.56. The number of amides is 1. The fourth-order valence-electron chi connectivity index (χ4n) is 2.15. The van der Waals surface area contributed by atoms with Crippen molar-refractivity contribution in [1.82, 2.24) is 5.32 Å². The molecule has 0 bridgehead atoms. The first-order chi connectivity index (χ1) is 8.44. The van der Waals surface area contributed by atoms with Crippen LogP contribution in [0.4, 0.5) is 0 Å². The van der Waals surface area contributed by atoms with E-state index < -0.39 is 5.54 Å². The molecule has 0 atom stereocenters. The van der Waals surface area contributed by atoms with Crippen LogP contribution < -0.4 is 11.1 Å². The molecule has 1 aliphatic carbocycles. The Morgan fingerprint density at radius 2 is 2.06 bits per heavy atom. The van der Waals surface area contributed by atoms with Gasteiger partial charge in [0.1, 0.15) is 0 Å². The topological polar surface area (TPSA) is 55.1 Å². The average molecular weight is 412 g/mol. The van der Waals surface area contributed by atoms with Gasteiger partial charge in [0.05, 0.1) is 19.2 Å². The predicted octanol–water partition coefficient (Wildman–Crippen LogP) is 3.60. The Kier molecular flexibility index (Phi) is 4.46. The number of halogens is 2. The van der Waals surface area contributed by atoms with Gasteiger partial charge in [-0.2, -0.15) is 0 Å². The van der Waals surface area contributed by atoms with Crippen LogP contribution in [0.15, 0.2) is 14.3 Å². The zero-order valence-corrected chi connectivity index (χ0v) is 14.3. The van der Waals surface area contributed by atoms with Gasteiger partial charge in [0.2, 0.25) is 0 Å². The number of nitrogens with two attached hydrogens (primary N) is 1. The lowest BCUT2D eigenvalue weighted by atomic mass is 9.97. The van der Waals surface area contributed by atoms with Crippen LogP contribution in [0.2, 0.25) is 0 Å². The van der Waals surface area contributed by atoms with Crippen molar-refractivity contribution < 1.29 is 4.79 Å². The molecular weight excluding hydrogens is 400 g/mol. The van der Waals surface area contributed by atoms with Crippen molar-refractivity contribution in [2.24, 2.45) is 5.73 Å². The predicted molar refractivity (Wildman–Crippen MR) is 85.2 cm³/mol. The van der Waals surface area contributed by atoms with Crippen LogP contribution in [0.25, 0.3) is 0 Å². The summed E-state index contributed by atoms with van der Waals surface area (Å²) >= 11 is 13.3. The van der Waals surface area contributed by atoms with Gasteiger partial charge in [0.25, 0.3) is 5.91 Å². The minimum absolute atomic E-state index is 0.110. The van der Waals surface area contributed by atoms with E-state index in [0.717, 1.165) is 33.9 Å². The summed E-state index contributed by atoms with van der Waals surface area (Å²) in [6.07, 6.45) is 3.77. The summed E-state index contributed by atoms with van der Waals surface area (Å²) in [5, 5.41) is 3.01. The molecule has 3 N–H and O–H groups in total. The number of hydrogen-bond donors (Lipinski definition) is 2. The van der Waals surface area contributed by atoms with E-state index in [9.17, 15) is 4.79 Å². The van der Waals surface area contributed by atoms with Gasteiger partial charge >= 0.3 is 0 Å². The molecule has 1 aliphatic rings. The van der Waals surface area contributed by atoms with Gasteiger partial charge < -0.3 is 11.1 Å². The standard InChI is InChI=1S/C11H12Br2N2OS2/c12-6-5-7(18-8(6)13)9(16)15-11(10(14)17)3-1-2-4-11/h5H,1-4H2,(H2,14,17)(H,15,16). The fourth-order valence-corrected chi connectivity index (χ4v) is 4.34. The Morgan fingerprint density at radius 1 is 1.44 bits per heavy atom. The van der Waals surface area contributed by atoms with Crippen LogP contribution in [-0.4, -0.2) is 16.4 Å². The van der Waals surface area contributed by atoms with Crippen molar-refractivity contribution in [3.05, 3.63) is 19.2 Å². The molecule has 98 valence electrons. The lowest BCUT2D eigenvalue weighted by Crippen LogP contribution is -2.54. The van der Waals surface area contributed by atoms with Crippen molar-refractivity contribution >= 4 is 66.3 Å². The lowest BCUT2D eigenvalue weighted by molar-refractivity contribution is 0.0928. The van der Waals surface area contributed by atoms with Crippen LogP contribution in [0.5, 0.6) is 0 Å². The lowest BCUT2D eigenvalue weighted by Gasteiger charge is -2.28. The quantitative estimate of drug-likeness (QED) is 0.747. The summed E-state index contributed by atoms with van der Waals surface area (Å²) in [4.78, 5) is 13.3. The molecule has 0 unspecified atom stereocenters. The molecule has 0 saturated heterocycles. The number of rotatable bonds is 3. The first-order valence-corrected chi connectivity index (χ1v) is 8.33. The third kappa shape index (κ3) is 2.79. The van der Waals surface area contributed by atoms with Crippen molar-refractivity contribution in [2.75, 3.05) is 0 Å². The van der Waals surface area contributed by atoms with E-state index in [1.165, 1.54) is 11.3 Å². The van der Waals surface area contributed by atoms with Crippen LogP contribution in [0, 0.1) is 0 Å². The molecule has 18 heavy (non-hydrogen) atoms. The van der Waals surface area contributed by atoms with Gasteiger partial charge in [-0.15, -0.1) is 11.3 Å². The molecule has 1 saturated carbocycles. The summed E-state index contributed by atoms with van der Waals surface area (Å²) < 4.78 is 1.79. The highest BCUT2D eigenvalue weighted by atomic mass is 79.9. The number of carbonyl (C=O) groups is 1. The average Bonchev–Trinajstić information content (AvgIpc) is 2.88. The van der Waals surface area contributed by atoms with Crippen molar-refractivity contribution in [2.45, 2.75) is 31.2 Å². The summed E-state index contributed by atoms with van der Waals surface area (Å²) in [6.45, 7) is 0. The number of hydrogen-bond acceptors (Lipinski definition) is 3. The minimum Gasteiger partial charge on any atom is -0.391 e. The summed E-state index contributed by atoms with van der Waals surface area (Å²) in [5.41, 5.74) is 5.31. The number of thiophene rings is 1. The van der Waals surface area contributed by atoms with Crippen LogP contribution in [-0.2, 0) is 0 Å². The molecule has 1 aromatic rings. The van der Waals surface area contributed by atoms with Gasteiger partial charge in [-0.25, -0.2) is 0 Å². The Hall–Kier alpha value is 0.0200. The smallest absolute Gasteiger partial charge is 0.262 e. The maximum absolute atomic E-state index is 12.2. The molecule has 0 spiro atoms. The van der Waals surface area contributed by atoms with E-state index in [1.54, 1.807) is 6.07 Å². The number of thiocarbonyl (C=S) groups is 1. The van der Waals surface area contributed by atoms with Crippen molar-refractivity contribution in [1.29, 1.82) is 0 Å². The zero-order chi connectivity index (χ0) is 13.3. The molecule has 1 fully saturated rings. The Morgan fingerprint density at radius 3 is 2.50 bits per heavy atom. The van der Waals surface area contributed by atoms with E-state index in [0.29, 0.717) is 9.87 Å². The first kappa shape index (κ1) is 14.4. The second-order valence-corrected chi connectivity index (χ2v) is 8.00. The molecule has 0 radical (unpaired) electrons. The van der Waals surface area contributed by atoms with Gasteiger partial charge in [-0.05, 0) is 50.8 Å². The SMILES string of the molecule is NC(=S)C1(NC(=O)c2cc(Br)c(Br)s2)CCCC1. The largest absolute Gasteiger partial charge is 0.391 e. The van der Waals surface area contributed by atoms with Crippen molar-refractivity contribution in [3.63, 3.8) is 0 Å². The second-order valence-electron chi connectivity index (χ2n) is 4.34. The minimum atomic E-state index is -0.491. The van der Waals surface area contributed by atoms with Crippen LogP contribution >= 0.6 is 55.4 Å². The van der Waals surface area contributed by atoms with Crippen molar-refractivity contribution in [3.8, 4) is 0 Å². The molecule has 1 amide bonds. The highest BCUT2D eigenvalue weighted by Crippen LogP contribution is 2.34. The highest BCUT2D eigenvalue weighted by Gasteiger charge is 2.38. The van der Waals surface area contributed by atoms with E-state index in [-0.39, 0.29) is 5.91 Å².